The SMILES string of the molecule is CCC(NC)c1ccc(N(C)Cc2cccc(C)c2)cn1. The van der Waals surface area contributed by atoms with Crippen LogP contribution in [0, 0.1) is 6.92 Å². The van der Waals surface area contributed by atoms with Crippen LogP contribution < -0.4 is 10.2 Å². The van der Waals surface area contributed by atoms with E-state index < -0.39 is 0 Å². The van der Waals surface area contributed by atoms with Gasteiger partial charge in [-0.1, -0.05) is 36.8 Å². The molecule has 0 spiro atoms. The first kappa shape index (κ1) is 15.5. The summed E-state index contributed by atoms with van der Waals surface area (Å²) in [6.45, 7) is 5.19. The van der Waals surface area contributed by atoms with Crippen molar-refractivity contribution in [2.45, 2.75) is 32.9 Å². The van der Waals surface area contributed by atoms with Gasteiger partial charge in [0, 0.05) is 19.6 Å². The van der Waals surface area contributed by atoms with E-state index >= 15 is 0 Å². The van der Waals surface area contributed by atoms with Crippen LogP contribution >= 0.6 is 0 Å². The van der Waals surface area contributed by atoms with E-state index in [0.717, 1.165) is 24.3 Å². The summed E-state index contributed by atoms with van der Waals surface area (Å²) in [6.07, 6.45) is 3.01. The lowest BCUT2D eigenvalue weighted by molar-refractivity contribution is 0.561. The number of hydrogen-bond acceptors (Lipinski definition) is 3. The van der Waals surface area contributed by atoms with Crippen LogP contribution in [0.25, 0.3) is 0 Å². The van der Waals surface area contributed by atoms with Crippen molar-refractivity contribution in [2.75, 3.05) is 19.0 Å². The molecule has 0 aliphatic heterocycles. The first-order valence-electron chi connectivity index (χ1n) is 7.54. The number of nitrogens with zero attached hydrogens (tertiary/aromatic N) is 2. The summed E-state index contributed by atoms with van der Waals surface area (Å²) in [6, 6.07) is 13.2. The van der Waals surface area contributed by atoms with Gasteiger partial charge in [-0.05, 0) is 38.1 Å². The minimum Gasteiger partial charge on any atom is -0.369 e. The Morgan fingerprint density at radius 2 is 2.05 bits per heavy atom. The van der Waals surface area contributed by atoms with Crippen LogP contribution in [0.15, 0.2) is 42.6 Å². The molecule has 0 saturated heterocycles. The molecule has 0 saturated carbocycles. The fourth-order valence-electron chi connectivity index (χ4n) is 2.57. The lowest BCUT2D eigenvalue weighted by atomic mass is 10.1. The van der Waals surface area contributed by atoms with Gasteiger partial charge in [-0.2, -0.15) is 0 Å². The van der Waals surface area contributed by atoms with Crippen LogP contribution in [0.2, 0.25) is 0 Å². The molecule has 1 heterocycles. The molecule has 2 rings (SSSR count). The van der Waals surface area contributed by atoms with Crippen LogP contribution in [0.4, 0.5) is 5.69 Å². The van der Waals surface area contributed by atoms with Crippen molar-refractivity contribution < 1.29 is 0 Å². The third-order valence-corrected chi connectivity index (χ3v) is 3.83. The van der Waals surface area contributed by atoms with Crippen molar-refractivity contribution in [3.05, 3.63) is 59.4 Å². The Labute approximate surface area is 128 Å². The van der Waals surface area contributed by atoms with Crippen molar-refractivity contribution in [1.82, 2.24) is 10.3 Å². The number of anilines is 1. The maximum Gasteiger partial charge on any atom is 0.0574 e. The molecule has 1 aromatic heterocycles. The first-order chi connectivity index (χ1) is 10.1. The first-order valence-corrected chi connectivity index (χ1v) is 7.54. The van der Waals surface area contributed by atoms with Crippen molar-refractivity contribution in [2.24, 2.45) is 0 Å². The van der Waals surface area contributed by atoms with Gasteiger partial charge in [-0.15, -0.1) is 0 Å². The monoisotopic (exact) mass is 283 g/mol. The number of nitrogens with one attached hydrogen (secondary N) is 1. The highest BCUT2D eigenvalue weighted by molar-refractivity contribution is 5.45. The molecule has 1 unspecified atom stereocenters. The molecule has 3 nitrogen and oxygen atoms in total. The van der Waals surface area contributed by atoms with E-state index in [1.807, 2.05) is 13.2 Å². The minimum absolute atomic E-state index is 0.334. The Bertz CT molecular complexity index is 559. The van der Waals surface area contributed by atoms with Gasteiger partial charge in [-0.3, -0.25) is 4.98 Å². The maximum absolute atomic E-state index is 4.60. The van der Waals surface area contributed by atoms with Crippen LogP contribution in [0.1, 0.15) is 36.2 Å². The van der Waals surface area contributed by atoms with E-state index in [-0.39, 0.29) is 0 Å². The van der Waals surface area contributed by atoms with Crippen molar-refractivity contribution in [3.63, 3.8) is 0 Å². The zero-order chi connectivity index (χ0) is 15.2. The van der Waals surface area contributed by atoms with Crippen molar-refractivity contribution in [1.29, 1.82) is 0 Å². The van der Waals surface area contributed by atoms with Gasteiger partial charge in [0.1, 0.15) is 0 Å². The number of hydrogen-bond donors (Lipinski definition) is 1. The Morgan fingerprint density at radius 1 is 1.24 bits per heavy atom. The lowest BCUT2D eigenvalue weighted by Gasteiger charge is -2.20. The summed E-state index contributed by atoms with van der Waals surface area (Å²) in [5, 5.41) is 3.29. The molecular weight excluding hydrogens is 258 g/mol. The van der Waals surface area contributed by atoms with E-state index in [2.05, 4.69) is 72.5 Å². The third-order valence-electron chi connectivity index (χ3n) is 3.83. The molecule has 0 bridgehead atoms. The summed E-state index contributed by atoms with van der Waals surface area (Å²) >= 11 is 0. The molecule has 21 heavy (non-hydrogen) atoms. The van der Waals surface area contributed by atoms with Gasteiger partial charge >= 0.3 is 0 Å². The molecule has 0 aliphatic rings. The highest BCUT2D eigenvalue weighted by Gasteiger charge is 2.09. The Kier molecular flexibility index (Phi) is 5.34. The van der Waals surface area contributed by atoms with Crippen LogP contribution in [-0.2, 0) is 6.54 Å². The molecule has 1 atom stereocenters. The summed E-state index contributed by atoms with van der Waals surface area (Å²) in [5.74, 6) is 0. The number of pyridine rings is 1. The molecule has 0 radical (unpaired) electrons. The summed E-state index contributed by atoms with van der Waals surface area (Å²) in [5.41, 5.74) is 4.87. The molecule has 1 N–H and O–H groups in total. The fourth-order valence-corrected chi connectivity index (χ4v) is 2.57. The van der Waals surface area contributed by atoms with E-state index in [1.54, 1.807) is 0 Å². The quantitative estimate of drug-likeness (QED) is 0.876. The van der Waals surface area contributed by atoms with E-state index in [1.165, 1.54) is 11.1 Å². The second-order valence-corrected chi connectivity index (χ2v) is 5.54. The largest absolute Gasteiger partial charge is 0.369 e. The molecule has 0 fully saturated rings. The fraction of sp³-hybridized carbons (Fsp3) is 0.389. The molecular formula is C18H25N3. The highest BCUT2D eigenvalue weighted by atomic mass is 15.1. The summed E-state index contributed by atoms with van der Waals surface area (Å²) in [7, 11) is 4.09. The molecule has 0 amide bonds. The Balaban J connectivity index is 2.07. The number of aromatic nitrogens is 1. The lowest BCUT2D eigenvalue weighted by Crippen LogP contribution is -2.19. The molecule has 3 heteroatoms. The van der Waals surface area contributed by atoms with Crippen LogP contribution in [0.5, 0.6) is 0 Å². The molecule has 2 aromatic rings. The van der Waals surface area contributed by atoms with Gasteiger partial charge in [-0.25, -0.2) is 0 Å². The zero-order valence-corrected chi connectivity index (χ0v) is 13.4. The van der Waals surface area contributed by atoms with E-state index in [0.29, 0.717) is 6.04 Å². The topological polar surface area (TPSA) is 28.2 Å². The van der Waals surface area contributed by atoms with Gasteiger partial charge < -0.3 is 10.2 Å². The predicted octanol–water partition coefficient (Wildman–Crippen LogP) is 3.70. The van der Waals surface area contributed by atoms with Gasteiger partial charge in [0.05, 0.1) is 17.6 Å². The summed E-state index contributed by atoms with van der Waals surface area (Å²) < 4.78 is 0. The van der Waals surface area contributed by atoms with Crippen molar-refractivity contribution in [3.8, 4) is 0 Å². The predicted molar refractivity (Wildman–Crippen MR) is 89.6 cm³/mol. The highest BCUT2D eigenvalue weighted by Crippen LogP contribution is 2.19. The number of rotatable bonds is 6. The van der Waals surface area contributed by atoms with E-state index in [9.17, 15) is 0 Å². The Hall–Kier alpha value is -1.87. The van der Waals surface area contributed by atoms with Crippen molar-refractivity contribution >= 4 is 5.69 Å². The third kappa shape index (κ3) is 4.05. The zero-order valence-electron chi connectivity index (χ0n) is 13.4. The van der Waals surface area contributed by atoms with Gasteiger partial charge in [0.2, 0.25) is 0 Å². The number of aryl methyl sites for hydroxylation is 1. The second-order valence-electron chi connectivity index (χ2n) is 5.54. The van der Waals surface area contributed by atoms with Crippen LogP contribution in [0.3, 0.4) is 0 Å². The molecule has 0 aliphatic carbocycles. The minimum atomic E-state index is 0.334. The van der Waals surface area contributed by atoms with E-state index in [4.69, 9.17) is 0 Å². The standard InChI is InChI=1S/C18H25N3/c1-5-17(19-3)18-10-9-16(12-20-18)21(4)13-15-8-6-7-14(2)11-15/h6-12,17,19H,5,13H2,1-4H3. The second kappa shape index (κ2) is 7.23. The maximum atomic E-state index is 4.60. The van der Waals surface area contributed by atoms with Gasteiger partial charge in [0.15, 0.2) is 0 Å². The van der Waals surface area contributed by atoms with Gasteiger partial charge in [0.25, 0.3) is 0 Å². The average Bonchev–Trinajstić information content (AvgIpc) is 2.49. The smallest absolute Gasteiger partial charge is 0.0574 e. The van der Waals surface area contributed by atoms with Crippen LogP contribution in [-0.4, -0.2) is 19.1 Å². The normalized spacial score (nSPS) is 12.2. The molecule has 112 valence electrons. The average molecular weight is 283 g/mol. The number of benzene rings is 1. The Morgan fingerprint density at radius 3 is 2.62 bits per heavy atom. The molecule has 1 aromatic carbocycles. The summed E-state index contributed by atoms with van der Waals surface area (Å²) in [4.78, 5) is 6.82.